The topological polar surface area (TPSA) is 17.1 Å². The van der Waals surface area contributed by atoms with Gasteiger partial charge in [0.1, 0.15) is 11.8 Å². The van der Waals surface area contributed by atoms with Gasteiger partial charge in [-0.2, -0.15) is 0 Å². The molecule has 0 aliphatic carbocycles. The quantitative estimate of drug-likeness (QED) is 0.610. The van der Waals surface area contributed by atoms with Crippen molar-refractivity contribution in [3.8, 4) is 0 Å². The molecule has 0 saturated heterocycles. The van der Waals surface area contributed by atoms with Gasteiger partial charge in [0.25, 0.3) is 0 Å². The second-order valence-corrected chi connectivity index (χ2v) is 5.67. The first-order valence-electron chi connectivity index (χ1n) is 7.86. The van der Waals surface area contributed by atoms with Gasteiger partial charge >= 0.3 is 0 Å². The number of rotatable bonds is 5. The second-order valence-electron chi connectivity index (χ2n) is 5.67. The van der Waals surface area contributed by atoms with E-state index >= 15 is 0 Å². The van der Waals surface area contributed by atoms with E-state index in [4.69, 9.17) is 0 Å². The van der Waals surface area contributed by atoms with Crippen LogP contribution in [0.5, 0.6) is 0 Å². The Morgan fingerprint density at radius 1 is 0.875 bits per heavy atom. The maximum absolute atomic E-state index is 13.2. The van der Waals surface area contributed by atoms with Crippen molar-refractivity contribution in [2.24, 2.45) is 0 Å². The first-order chi connectivity index (χ1) is 11.8. The summed E-state index contributed by atoms with van der Waals surface area (Å²) in [6.45, 7) is 0. The third-order valence-corrected chi connectivity index (χ3v) is 4.09. The molecule has 24 heavy (non-hydrogen) atoms. The summed E-state index contributed by atoms with van der Waals surface area (Å²) in [7, 11) is 0. The zero-order valence-electron chi connectivity index (χ0n) is 13.2. The molecule has 0 N–H and O–H groups in total. The van der Waals surface area contributed by atoms with Gasteiger partial charge in [0, 0.05) is 12.0 Å². The molecule has 0 aliphatic rings. The Balaban J connectivity index is 2.02. The van der Waals surface area contributed by atoms with Gasteiger partial charge in [-0.05, 0) is 40.8 Å². The Bertz CT molecular complexity index is 847. The van der Waals surface area contributed by atoms with Crippen molar-refractivity contribution in [2.75, 3.05) is 0 Å². The molecule has 1 unspecified atom stereocenters. The Hall–Kier alpha value is -2.96. The van der Waals surface area contributed by atoms with E-state index < -0.39 is 0 Å². The lowest BCUT2D eigenvalue weighted by molar-refractivity contribution is 0.568. The number of benzene rings is 3. The van der Waals surface area contributed by atoms with Gasteiger partial charge in [0.15, 0.2) is 0 Å². The number of carbonyl (C=O) groups excluding carboxylic acids is 1. The van der Waals surface area contributed by atoms with Crippen LogP contribution in [0.3, 0.4) is 0 Å². The Morgan fingerprint density at radius 2 is 1.54 bits per heavy atom. The molecule has 1 nitrogen and oxygen atoms in total. The van der Waals surface area contributed by atoms with Crippen molar-refractivity contribution in [1.82, 2.24) is 0 Å². The minimum atomic E-state index is -0.287. The average molecular weight is 316 g/mol. The van der Waals surface area contributed by atoms with Crippen molar-refractivity contribution in [1.29, 1.82) is 0 Å². The molecule has 2 heteroatoms. The Labute approximate surface area is 141 Å². The monoisotopic (exact) mass is 316 g/mol. The third-order valence-electron chi connectivity index (χ3n) is 4.09. The number of hydrogen-bond acceptors (Lipinski definition) is 1. The summed E-state index contributed by atoms with van der Waals surface area (Å²) in [6.07, 6.45) is 2.28. The van der Waals surface area contributed by atoms with Crippen molar-refractivity contribution in [3.63, 3.8) is 0 Å². The molecule has 0 saturated carbocycles. The third kappa shape index (κ3) is 3.68. The predicted octanol–water partition coefficient (Wildman–Crippen LogP) is 4.94. The number of allylic oxidation sites excluding steroid dienone is 1. The highest BCUT2D eigenvalue weighted by molar-refractivity contribution is 5.54. The zero-order chi connectivity index (χ0) is 16.8. The summed E-state index contributed by atoms with van der Waals surface area (Å²) >= 11 is 0. The highest BCUT2D eigenvalue weighted by Gasteiger charge is 2.15. The molecule has 3 aromatic carbocycles. The van der Waals surface area contributed by atoms with Gasteiger partial charge in [-0.15, -0.1) is 0 Å². The summed E-state index contributed by atoms with van der Waals surface area (Å²) in [5.41, 5.74) is 4.26. The first-order valence-corrected chi connectivity index (χ1v) is 7.86. The lowest BCUT2D eigenvalue weighted by Crippen LogP contribution is -2.03. The lowest BCUT2D eigenvalue weighted by Gasteiger charge is -2.17. The molecule has 0 spiro atoms. The zero-order valence-corrected chi connectivity index (χ0v) is 13.2. The standard InChI is InChI=1S/C22H17FO/c23-20-12-10-18(11-13-20)22(14-15-24)21-9-5-4-8-19(21)16-17-6-2-1-3-7-17/h1-14,22H,16H2. The smallest absolute Gasteiger partial charge is 0.123 e. The van der Waals surface area contributed by atoms with E-state index in [2.05, 4.69) is 18.2 Å². The minimum absolute atomic E-state index is 0.233. The molecule has 0 aromatic heterocycles. The first kappa shape index (κ1) is 15.9. The molecule has 0 amide bonds. The average Bonchev–Trinajstić information content (AvgIpc) is 2.62. The van der Waals surface area contributed by atoms with Crippen LogP contribution >= 0.6 is 0 Å². The molecule has 3 aromatic rings. The number of hydrogen-bond donors (Lipinski definition) is 0. The molecule has 3 rings (SSSR count). The molecule has 118 valence electrons. The van der Waals surface area contributed by atoms with Crippen molar-refractivity contribution in [2.45, 2.75) is 12.3 Å². The highest BCUT2D eigenvalue weighted by Crippen LogP contribution is 2.29. The van der Waals surface area contributed by atoms with Gasteiger partial charge in [-0.3, -0.25) is 0 Å². The van der Waals surface area contributed by atoms with E-state index in [0.29, 0.717) is 0 Å². The lowest BCUT2D eigenvalue weighted by atomic mass is 9.86. The molecular weight excluding hydrogens is 299 g/mol. The molecule has 0 heterocycles. The van der Waals surface area contributed by atoms with E-state index in [0.717, 1.165) is 23.1 Å². The van der Waals surface area contributed by atoms with Crippen LogP contribution in [0.15, 0.2) is 84.9 Å². The molecule has 1 atom stereocenters. The maximum atomic E-state index is 13.2. The summed E-state index contributed by atoms with van der Waals surface area (Å²) in [6, 6.07) is 24.5. The molecular formula is C22H17FO. The van der Waals surface area contributed by atoms with Crippen LogP contribution in [0.1, 0.15) is 28.2 Å². The Kier molecular flexibility index (Phi) is 5.00. The summed E-state index contributed by atoms with van der Waals surface area (Å²) in [5, 5.41) is 0. The fraction of sp³-hybridized carbons (Fsp3) is 0.0909. The largest absolute Gasteiger partial charge is 0.234 e. The van der Waals surface area contributed by atoms with Crippen molar-refractivity contribution >= 4 is 5.94 Å². The molecule has 0 bridgehead atoms. The molecule has 0 fully saturated rings. The van der Waals surface area contributed by atoms with Gasteiger partial charge in [0.2, 0.25) is 0 Å². The van der Waals surface area contributed by atoms with E-state index in [1.54, 1.807) is 12.1 Å². The molecule has 0 radical (unpaired) electrons. The predicted molar refractivity (Wildman–Crippen MR) is 94.2 cm³/mol. The van der Waals surface area contributed by atoms with Gasteiger partial charge in [-0.25, -0.2) is 9.18 Å². The van der Waals surface area contributed by atoms with Crippen LogP contribution in [0.25, 0.3) is 0 Å². The van der Waals surface area contributed by atoms with E-state index in [9.17, 15) is 9.18 Å². The summed E-state index contributed by atoms with van der Waals surface area (Å²) < 4.78 is 13.2. The van der Waals surface area contributed by atoms with Crippen molar-refractivity contribution < 1.29 is 9.18 Å². The van der Waals surface area contributed by atoms with E-state index in [1.807, 2.05) is 42.3 Å². The van der Waals surface area contributed by atoms with E-state index in [1.165, 1.54) is 23.8 Å². The summed E-state index contributed by atoms with van der Waals surface area (Å²) in [4.78, 5) is 11.0. The van der Waals surface area contributed by atoms with Crippen LogP contribution in [0, 0.1) is 5.82 Å². The van der Waals surface area contributed by atoms with Crippen LogP contribution in [0.2, 0.25) is 0 Å². The SMILES string of the molecule is O=C=CC(c1ccc(F)cc1)c1ccccc1Cc1ccccc1. The normalized spacial score (nSPS) is 11.5. The van der Waals surface area contributed by atoms with Gasteiger partial charge < -0.3 is 0 Å². The fourth-order valence-electron chi connectivity index (χ4n) is 2.92. The maximum Gasteiger partial charge on any atom is 0.123 e. The fourth-order valence-corrected chi connectivity index (χ4v) is 2.92. The highest BCUT2D eigenvalue weighted by atomic mass is 19.1. The van der Waals surface area contributed by atoms with Gasteiger partial charge in [-0.1, -0.05) is 66.7 Å². The van der Waals surface area contributed by atoms with E-state index in [-0.39, 0.29) is 11.7 Å². The van der Waals surface area contributed by atoms with Crippen molar-refractivity contribution in [3.05, 3.63) is 113 Å². The van der Waals surface area contributed by atoms with Crippen LogP contribution in [-0.2, 0) is 11.2 Å². The van der Waals surface area contributed by atoms with Gasteiger partial charge in [0.05, 0.1) is 0 Å². The molecule has 0 aliphatic heterocycles. The second kappa shape index (κ2) is 7.54. The minimum Gasteiger partial charge on any atom is -0.234 e. The Morgan fingerprint density at radius 3 is 2.25 bits per heavy atom. The number of halogens is 1. The van der Waals surface area contributed by atoms with Crippen LogP contribution in [-0.4, -0.2) is 5.94 Å². The summed E-state index contributed by atoms with van der Waals surface area (Å²) in [5.74, 6) is 1.38. The van der Waals surface area contributed by atoms with Crippen LogP contribution in [0.4, 0.5) is 4.39 Å². The van der Waals surface area contributed by atoms with Crippen LogP contribution < -0.4 is 0 Å².